The Morgan fingerprint density at radius 1 is 1.20 bits per heavy atom. The molecule has 1 unspecified atom stereocenters. The van der Waals surface area contributed by atoms with Gasteiger partial charge < -0.3 is 5.73 Å². The van der Waals surface area contributed by atoms with Crippen molar-refractivity contribution in [3.8, 4) is 0 Å². The van der Waals surface area contributed by atoms with Crippen molar-refractivity contribution in [1.82, 2.24) is 0 Å². The molecule has 1 rings (SSSR count). The van der Waals surface area contributed by atoms with Crippen molar-refractivity contribution in [3.05, 3.63) is 34.4 Å². The summed E-state index contributed by atoms with van der Waals surface area (Å²) in [5.41, 5.74) is 8.74. The zero-order valence-electron chi connectivity index (χ0n) is 10.0. The lowest BCUT2D eigenvalue weighted by Gasteiger charge is -2.21. The van der Waals surface area contributed by atoms with Crippen LogP contribution in [-0.2, 0) is 6.42 Å². The number of halogens is 1. The van der Waals surface area contributed by atoms with Crippen LogP contribution in [0.2, 0.25) is 0 Å². The number of aryl methyl sites for hydroxylation is 3. The first kappa shape index (κ1) is 12.2. The molecular formula is C13H20FN. The van der Waals surface area contributed by atoms with Crippen LogP contribution in [0.25, 0.3) is 0 Å². The van der Waals surface area contributed by atoms with Crippen LogP contribution in [0.5, 0.6) is 0 Å². The molecule has 15 heavy (non-hydrogen) atoms. The Hall–Kier alpha value is -0.890. The summed E-state index contributed by atoms with van der Waals surface area (Å²) in [7, 11) is 0. The molecule has 0 aliphatic carbocycles. The minimum atomic E-state index is -1.30. The molecule has 1 nitrogen and oxygen atoms in total. The summed E-state index contributed by atoms with van der Waals surface area (Å²) in [5, 5.41) is 0. The van der Waals surface area contributed by atoms with Crippen molar-refractivity contribution in [3.63, 3.8) is 0 Å². The maximum Gasteiger partial charge on any atom is 0.124 e. The number of benzene rings is 1. The molecule has 1 atom stereocenters. The highest BCUT2D eigenvalue weighted by Crippen LogP contribution is 2.23. The average molecular weight is 209 g/mol. The fraction of sp³-hybridized carbons (Fsp3) is 0.538. The lowest BCUT2D eigenvalue weighted by molar-refractivity contribution is 0.199. The Labute approximate surface area is 91.5 Å². The molecule has 0 aliphatic heterocycles. The van der Waals surface area contributed by atoms with Crippen molar-refractivity contribution >= 4 is 0 Å². The van der Waals surface area contributed by atoms with Gasteiger partial charge in [-0.05, 0) is 44.4 Å². The Morgan fingerprint density at radius 2 is 1.67 bits per heavy atom. The van der Waals surface area contributed by atoms with Crippen LogP contribution in [0, 0.1) is 20.8 Å². The number of alkyl halides is 1. The highest BCUT2D eigenvalue weighted by atomic mass is 19.1. The summed E-state index contributed by atoms with van der Waals surface area (Å²) < 4.78 is 13.8. The number of rotatable bonds is 3. The van der Waals surface area contributed by atoms with Gasteiger partial charge in [0, 0.05) is 13.0 Å². The zero-order chi connectivity index (χ0) is 11.6. The maximum absolute atomic E-state index is 13.8. The molecule has 0 bridgehead atoms. The third kappa shape index (κ3) is 3.03. The predicted octanol–water partition coefficient (Wildman–Crippen LogP) is 2.84. The van der Waals surface area contributed by atoms with Crippen LogP contribution in [0.1, 0.15) is 29.2 Å². The van der Waals surface area contributed by atoms with Crippen molar-refractivity contribution < 1.29 is 4.39 Å². The van der Waals surface area contributed by atoms with Gasteiger partial charge in [-0.15, -0.1) is 0 Å². The van der Waals surface area contributed by atoms with Crippen LogP contribution < -0.4 is 5.73 Å². The van der Waals surface area contributed by atoms with Gasteiger partial charge in [-0.3, -0.25) is 0 Å². The van der Waals surface area contributed by atoms with E-state index >= 15 is 0 Å². The lowest BCUT2D eigenvalue weighted by atomic mass is 9.90. The highest BCUT2D eigenvalue weighted by Gasteiger charge is 2.23. The Bertz CT molecular complexity index is 333. The van der Waals surface area contributed by atoms with Gasteiger partial charge in [0.2, 0.25) is 0 Å². The van der Waals surface area contributed by atoms with E-state index in [2.05, 4.69) is 19.1 Å². The van der Waals surface area contributed by atoms with E-state index in [1.165, 1.54) is 5.56 Å². The summed E-state index contributed by atoms with van der Waals surface area (Å²) in [4.78, 5) is 0. The smallest absolute Gasteiger partial charge is 0.124 e. The van der Waals surface area contributed by atoms with Gasteiger partial charge in [0.25, 0.3) is 0 Å². The first-order valence-electron chi connectivity index (χ1n) is 5.31. The Morgan fingerprint density at radius 3 is 2.07 bits per heavy atom. The van der Waals surface area contributed by atoms with E-state index in [1.54, 1.807) is 6.92 Å². The van der Waals surface area contributed by atoms with Crippen LogP contribution in [-0.4, -0.2) is 12.2 Å². The third-order valence-electron chi connectivity index (χ3n) is 2.81. The van der Waals surface area contributed by atoms with E-state index in [4.69, 9.17) is 5.73 Å². The number of nitrogens with two attached hydrogens (primary N) is 1. The summed E-state index contributed by atoms with van der Waals surface area (Å²) >= 11 is 0. The topological polar surface area (TPSA) is 26.0 Å². The molecule has 2 heteroatoms. The molecule has 0 fully saturated rings. The molecule has 1 aromatic rings. The molecule has 0 aromatic heterocycles. The second kappa shape index (κ2) is 4.31. The van der Waals surface area contributed by atoms with E-state index in [1.807, 2.05) is 13.8 Å². The molecule has 0 saturated heterocycles. The highest BCUT2D eigenvalue weighted by molar-refractivity contribution is 5.38. The quantitative estimate of drug-likeness (QED) is 0.814. The van der Waals surface area contributed by atoms with Gasteiger partial charge in [-0.25, -0.2) is 4.39 Å². The van der Waals surface area contributed by atoms with Gasteiger partial charge in [0.05, 0.1) is 0 Å². The molecule has 0 amide bonds. The van der Waals surface area contributed by atoms with Gasteiger partial charge in [0.15, 0.2) is 0 Å². The van der Waals surface area contributed by atoms with E-state index in [-0.39, 0.29) is 6.54 Å². The zero-order valence-corrected chi connectivity index (χ0v) is 10.0. The average Bonchev–Trinajstić information content (AvgIpc) is 2.11. The number of hydrogen-bond acceptors (Lipinski definition) is 1. The first-order chi connectivity index (χ1) is 6.85. The van der Waals surface area contributed by atoms with Gasteiger partial charge in [-0.2, -0.15) is 0 Å². The van der Waals surface area contributed by atoms with Crippen LogP contribution in [0.3, 0.4) is 0 Å². The second-order valence-electron chi connectivity index (χ2n) is 4.67. The minimum Gasteiger partial charge on any atom is -0.328 e. The van der Waals surface area contributed by atoms with Crippen molar-refractivity contribution in [1.29, 1.82) is 0 Å². The van der Waals surface area contributed by atoms with Crippen molar-refractivity contribution in [2.24, 2.45) is 5.73 Å². The summed E-state index contributed by atoms with van der Waals surface area (Å²) in [5.74, 6) is 0. The molecule has 0 heterocycles. The standard InChI is InChI=1S/C13H20FN/c1-9-5-10(2)12(11(3)6-9)7-13(4,14)8-15/h5-6H,7-8,15H2,1-4H3. The second-order valence-corrected chi connectivity index (χ2v) is 4.67. The minimum absolute atomic E-state index is 0.0692. The van der Waals surface area contributed by atoms with E-state index < -0.39 is 5.67 Å². The maximum atomic E-state index is 13.8. The lowest BCUT2D eigenvalue weighted by Crippen LogP contribution is -2.32. The van der Waals surface area contributed by atoms with Crippen LogP contribution in [0.4, 0.5) is 4.39 Å². The van der Waals surface area contributed by atoms with E-state index in [0.717, 1.165) is 16.7 Å². The Balaban J connectivity index is 3.05. The SMILES string of the molecule is Cc1cc(C)c(CC(C)(F)CN)c(C)c1. The largest absolute Gasteiger partial charge is 0.328 e. The summed E-state index contributed by atoms with van der Waals surface area (Å²) in [6.07, 6.45) is 0.404. The monoisotopic (exact) mass is 209 g/mol. The first-order valence-corrected chi connectivity index (χ1v) is 5.31. The summed E-state index contributed by atoms with van der Waals surface area (Å²) in [6, 6.07) is 4.18. The molecule has 84 valence electrons. The van der Waals surface area contributed by atoms with Crippen molar-refractivity contribution in [2.45, 2.75) is 39.8 Å². The normalized spacial score (nSPS) is 15.1. The van der Waals surface area contributed by atoms with Gasteiger partial charge in [0.1, 0.15) is 5.67 Å². The van der Waals surface area contributed by atoms with Crippen LogP contribution >= 0.6 is 0 Å². The molecule has 0 aliphatic rings. The van der Waals surface area contributed by atoms with Crippen LogP contribution in [0.15, 0.2) is 12.1 Å². The Kier molecular flexibility index (Phi) is 3.50. The van der Waals surface area contributed by atoms with E-state index in [9.17, 15) is 4.39 Å². The fourth-order valence-electron chi connectivity index (χ4n) is 1.93. The predicted molar refractivity (Wildman–Crippen MR) is 62.9 cm³/mol. The molecule has 1 aromatic carbocycles. The van der Waals surface area contributed by atoms with Gasteiger partial charge in [-0.1, -0.05) is 17.7 Å². The summed E-state index contributed by atoms with van der Waals surface area (Å²) in [6.45, 7) is 7.75. The fourth-order valence-corrected chi connectivity index (χ4v) is 1.93. The molecule has 0 saturated carbocycles. The molecule has 2 N–H and O–H groups in total. The molecular weight excluding hydrogens is 189 g/mol. The van der Waals surface area contributed by atoms with Gasteiger partial charge >= 0.3 is 0 Å². The van der Waals surface area contributed by atoms with E-state index in [0.29, 0.717) is 6.42 Å². The molecule has 0 radical (unpaired) electrons. The third-order valence-corrected chi connectivity index (χ3v) is 2.81. The number of hydrogen-bond donors (Lipinski definition) is 1. The van der Waals surface area contributed by atoms with Crippen molar-refractivity contribution in [2.75, 3.05) is 6.54 Å². The molecule has 0 spiro atoms.